The molecule has 3 nitrogen and oxygen atoms in total. The Balaban J connectivity index is 0.00000342. The van der Waals surface area contributed by atoms with Gasteiger partial charge < -0.3 is 10.2 Å². The highest BCUT2D eigenvalue weighted by Crippen LogP contribution is 2.31. The van der Waals surface area contributed by atoms with E-state index in [1.165, 1.54) is 5.56 Å². The van der Waals surface area contributed by atoms with E-state index in [0.717, 1.165) is 48.2 Å². The van der Waals surface area contributed by atoms with Crippen LogP contribution in [0.5, 0.6) is 0 Å². The molecule has 1 heterocycles. The number of fused-ring (bicyclic) bond motifs is 1. The first-order valence-electron chi connectivity index (χ1n) is 11.9. The van der Waals surface area contributed by atoms with Gasteiger partial charge in [-0.3, -0.25) is 4.79 Å². The molecule has 186 valence electrons. The average molecular weight is 532 g/mol. The third kappa shape index (κ3) is 6.94. The maximum absolute atomic E-state index is 13.9. The van der Waals surface area contributed by atoms with Crippen LogP contribution in [0.25, 0.3) is 0 Å². The van der Waals surface area contributed by atoms with Crippen molar-refractivity contribution in [1.29, 1.82) is 0 Å². The van der Waals surface area contributed by atoms with Gasteiger partial charge in [-0.05, 0) is 71.2 Å². The van der Waals surface area contributed by atoms with E-state index in [4.69, 9.17) is 23.2 Å². The first-order valence-corrected chi connectivity index (χ1v) is 12.7. The molecule has 35 heavy (non-hydrogen) atoms. The minimum Gasteiger partial charge on any atom is -0.384 e. The second-order valence-corrected chi connectivity index (χ2v) is 10.9. The number of carbonyl (C=O) groups is 1. The molecule has 0 aromatic heterocycles. The molecule has 0 spiro atoms. The van der Waals surface area contributed by atoms with E-state index >= 15 is 0 Å². The standard InChI is InChI=1S/C29H32Cl2N2O.ClH/c1-29(2,3)23-11-9-21(10-12-23)19-33(15-13-20-6-4-8-24(30)16-20)28(34)26-18-25(31)17-22-7-5-14-32-27(22)26;/h4,6,8-12,16-18,32H,5,7,13-15,19H2,1-3H3;1H. The highest BCUT2D eigenvalue weighted by Gasteiger charge is 2.24. The molecule has 0 saturated heterocycles. The summed E-state index contributed by atoms with van der Waals surface area (Å²) in [6, 6.07) is 20.2. The van der Waals surface area contributed by atoms with Gasteiger partial charge in [0, 0.05) is 29.7 Å². The third-order valence-electron chi connectivity index (χ3n) is 6.38. The Bertz CT molecular complexity index is 1170. The topological polar surface area (TPSA) is 32.3 Å². The zero-order valence-corrected chi connectivity index (χ0v) is 22.9. The summed E-state index contributed by atoms with van der Waals surface area (Å²) in [6.07, 6.45) is 2.70. The van der Waals surface area contributed by atoms with Crippen molar-refractivity contribution in [2.75, 3.05) is 18.4 Å². The number of nitrogens with one attached hydrogen (secondary N) is 1. The molecular formula is C29H33Cl3N2O. The van der Waals surface area contributed by atoms with Gasteiger partial charge in [0.25, 0.3) is 5.91 Å². The maximum atomic E-state index is 13.9. The van der Waals surface area contributed by atoms with Crippen molar-refractivity contribution in [3.8, 4) is 0 Å². The van der Waals surface area contributed by atoms with Crippen LogP contribution in [0.3, 0.4) is 0 Å². The molecule has 1 amide bonds. The van der Waals surface area contributed by atoms with Crippen LogP contribution in [0.2, 0.25) is 10.0 Å². The number of halogens is 3. The van der Waals surface area contributed by atoms with Crippen LogP contribution in [0.1, 0.15) is 59.8 Å². The molecule has 3 aromatic rings. The zero-order valence-electron chi connectivity index (χ0n) is 20.5. The Morgan fingerprint density at radius 3 is 2.40 bits per heavy atom. The number of anilines is 1. The Morgan fingerprint density at radius 1 is 0.971 bits per heavy atom. The smallest absolute Gasteiger partial charge is 0.256 e. The molecule has 3 aromatic carbocycles. The van der Waals surface area contributed by atoms with Gasteiger partial charge in [0.2, 0.25) is 0 Å². The normalized spacial score (nSPS) is 12.8. The fourth-order valence-electron chi connectivity index (χ4n) is 4.44. The molecule has 0 saturated carbocycles. The minimum atomic E-state index is -0.00456. The fraction of sp³-hybridized carbons (Fsp3) is 0.345. The van der Waals surface area contributed by atoms with E-state index < -0.39 is 0 Å². The van der Waals surface area contributed by atoms with Gasteiger partial charge in [-0.15, -0.1) is 12.4 Å². The predicted octanol–water partition coefficient (Wildman–Crippen LogP) is 7.96. The van der Waals surface area contributed by atoms with Crippen LogP contribution >= 0.6 is 35.6 Å². The van der Waals surface area contributed by atoms with Crippen LogP contribution < -0.4 is 5.32 Å². The largest absolute Gasteiger partial charge is 0.384 e. The summed E-state index contributed by atoms with van der Waals surface area (Å²) >= 11 is 12.6. The molecule has 0 unspecified atom stereocenters. The lowest BCUT2D eigenvalue weighted by molar-refractivity contribution is 0.0746. The first kappa shape index (κ1) is 27.4. The molecule has 1 N–H and O–H groups in total. The summed E-state index contributed by atoms with van der Waals surface area (Å²) in [5.41, 5.74) is 6.28. The number of benzene rings is 3. The van der Waals surface area contributed by atoms with Crippen LogP contribution in [0.15, 0.2) is 60.7 Å². The average Bonchev–Trinajstić information content (AvgIpc) is 2.80. The van der Waals surface area contributed by atoms with Crippen molar-refractivity contribution < 1.29 is 4.79 Å². The van der Waals surface area contributed by atoms with E-state index in [0.29, 0.717) is 28.7 Å². The molecule has 1 aliphatic heterocycles. The summed E-state index contributed by atoms with van der Waals surface area (Å²) in [4.78, 5) is 15.8. The first-order chi connectivity index (χ1) is 16.2. The second-order valence-electron chi connectivity index (χ2n) is 10.1. The Kier molecular flexibility index (Phi) is 9.15. The van der Waals surface area contributed by atoms with Crippen molar-refractivity contribution in [2.45, 2.75) is 52.0 Å². The Morgan fingerprint density at radius 2 is 1.71 bits per heavy atom. The predicted molar refractivity (Wildman–Crippen MR) is 151 cm³/mol. The minimum absolute atomic E-state index is 0. The SMILES string of the molecule is CC(C)(C)c1ccc(CN(CCc2cccc(Cl)c2)C(=O)c2cc(Cl)cc3c2NCCC3)cc1.Cl. The van der Waals surface area contributed by atoms with Crippen molar-refractivity contribution in [3.05, 3.63) is 98.5 Å². The monoisotopic (exact) mass is 530 g/mol. The summed E-state index contributed by atoms with van der Waals surface area (Å²) in [7, 11) is 0. The van der Waals surface area contributed by atoms with Gasteiger partial charge in [-0.25, -0.2) is 0 Å². The lowest BCUT2D eigenvalue weighted by Gasteiger charge is -2.27. The van der Waals surface area contributed by atoms with Gasteiger partial charge >= 0.3 is 0 Å². The number of rotatable bonds is 6. The third-order valence-corrected chi connectivity index (χ3v) is 6.83. The Hall–Kier alpha value is -2.20. The number of hydrogen-bond donors (Lipinski definition) is 1. The summed E-state index contributed by atoms with van der Waals surface area (Å²) in [5.74, 6) is -0.00456. The van der Waals surface area contributed by atoms with Crippen molar-refractivity contribution >= 4 is 47.2 Å². The number of hydrogen-bond acceptors (Lipinski definition) is 2. The van der Waals surface area contributed by atoms with E-state index in [1.54, 1.807) is 6.07 Å². The lowest BCUT2D eigenvalue weighted by Crippen LogP contribution is -2.33. The van der Waals surface area contributed by atoms with Gasteiger partial charge in [0.05, 0.1) is 11.3 Å². The summed E-state index contributed by atoms with van der Waals surface area (Å²) in [5, 5.41) is 4.76. The van der Waals surface area contributed by atoms with Crippen molar-refractivity contribution in [3.63, 3.8) is 0 Å². The molecule has 0 aliphatic carbocycles. The fourth-order valence-corrected chi connectivity index (χ4v) is 4.89. The highest BCUT2D eigenvalue weighted by atomic mass is 35.5. The quantitative estimate of drug-likeness (QED) is 0.350. The molecule has 0 atom stereocenters. The van der Waals surface area contributed by atoms with E-state index in [9.17, 15) is 4.79 Å². The maximum Gasteiger partial charge on any atom is 0.256 e. The van der Waals surface area contributed by atoms with Crippen LogP contribution in [-0.2, 0) is 24.8 Å². The van der Waals surface area contributed by atoms with Crippen LogP contribution in [-0.4, -0.2) is 23.9 Å². The van der Waals surface area contributed by atoms with Gasteiger partial charge in [-0.1, -0.05) is 80.4 Å². The molecule has 0 fully saturated rings. The summed E-state index contributed by atoms with van der Waals surface area (Å²) in [6.45, 7) is 8.60. The number of amides is 1. The number of nitrogens with zero attached hydrogens (tertiary/aromatic N) is 1. The lowest BCUT2D eigenvalue weighted by atomic mass is 9.87. The molecule has 6 heteroatoms. The van der Waals surface area contributed by atoms with Gasteiger partial charge in [0.15, 0.2) is 0 Å². The molecular weight excluding hydrogens is 499 g/mol. The van der Waals surface area contributed by atoms with Gasteiger partial charge in [-0.2, -0.15) is 0 Å². The molecule has 0 bridgehead atoms. The van der Waals surface area contributed by atoms with Crippen LogP contribution in [0, 0.1) is 0 Å². The molecule has 4 rings (SSSR count). The van der Waals surface area contributed by atoms with E-state index in [1.807, 2.05) is 29.2 Å². The van der Waals surface area contributed by atoms with Crippen LogP contribution in [0.4, 0.5) is 5.69 Å². The van der Waals surface area contributed by atoms with Crippen molar-refractivity contribution in [1.82, 2.24) is 4.90 Å². The Labute approximate surface area is 225 Å². The van der Waals surface area contributed by atoms with E-state index in [2.05, 4.69) is 56.4 Å². The second kappa shape index (κ2) is 11.7. The van der Waals surface area contributed by atoms with E-state index in [-0.39, 0.29) is 23.7 Å². The molecule has 1 aliphatic rings. The summed E-state index contributed by atoms with van der Waals surface area (Å²) < 4.78 is 0. The highest BCUT2D eigenvalue weighted by molar-refractivity contribution is 6.31. The van der Waals surface area contributed by atoms with Crippen molar-refractivity contribution in [2.24, 2.45) is 0 Å². The zero-order chi connectivity index (χ0) is 24.3. The number of aryl methyl sites for hydroxylation is 1. The molecule has 0 radical (unpaired) electrons. The number of carbonyl (C=O) groups excluding carboxylic acids is 1. The van der Waals surface area contributed by atoms with Gasteiger partial charge in [0.1, 0.15) is 0 Å².